The number of carbonyl (C=O) groups excluding carboxylic acids is 1. The molecule has 5 heteroatoms. The van der Waals surface area contributed by atoms with Gasteiger partial charge >= 0.3 is 0 Å². The van der Waals surface area contributed by atoms with Crippen LogP contribution in [0.5, 0.6) is 5.75 Å². The molecular weight excluding hydrogens is 290 g/mol. The second kappa shape index (κ2) is 7.35. The molecule has 2 N–H and O–H groups in total. The quantitative estimate of drug-likeness (QED) is 0.679. The van der Waals surface area contributed by atoms with Gasteiger partial charge in [-0.25, -0.2) is 0 Å². The van der Waals surface area contributed by atoms with Crippen LogP contribution in [0.25, 0.3) is 0 Å². The van der Waals surface area contributed by atoms with Crippen molar-refractivity contribution in [1.29, 1.82) is 0 Å². The van der Waals surface area contributed by atoms with E-state index in [9.17, 15) is 4.79 Å². The van der Waals surface area contributed by atoms with E-state index in [0.29, 0.717) is 28.4 Å². The van der Waals surface area contributed by atoms with Crippen LogP contribution in [0.3, 0.4) is 0 Å². The average molecular weight is 309 g/mol. The van der Waals surface area contributed by atoms with Crippen molar-refractivity contribution in [3.8, 4) is 5.75 Å². The molecule has 2 rings (SSSR count). The first kappa shape index (κ1) is 16.4. The summed E-state index contributed by atoms with van der Waals surface area (Å²) in [6, 6.07) is 10.4. The van der Waals surface area contributed by atoms with Crippen molar-refractivity contribution in [2.75, 3.05) is 7.11 Å². The number of methoxy groups -OCH3 is 1. The average Bonchev–Trinajstić information content (AvgIpc) is 2.59. The maximum Gasteiger partial charge on any atom is 0.215 e. The van der Waals surface area contributed by atoms with E-state index in [1.54, 1.807) is 48.8 Å². The van der Waals surface area contributed by atoms with E-state index in [-0.39, 0.29) is 5.78 Å². The minimum Gasteiger partial charge on any atom is -0.496 e. The lowest BCUT2D eigenvalue weighted by molar-refractivity contribution is 0.103. The van der Waals surface area contributed by atoms with Crippen LogP contribution in [-0.2, 0) is 0 Å². The summed E-state index contributed by atoms with van der Waals surface area (Å²) >= 11 is 0. The van der Waals surface area contributed by atoms with Gasteiger partial charge < -0.3 is 10.5 Å². The van der Waals surface area contributed by atoms with Crippen LogP contribution in [0.4, 0.5) is 5.69 Å². The van der Waals surface area contributed by atoms with Crippen molar-refractivity contribution in [1.82, 2.24) is 4.98 Å². The molecule has 0 saturated carbocycles. The summed E-state index contributed by atoms with van der Waals surface area (Å²) in [5, 5.41) is 0. The lowest BCUT2D eigenvalue weighted by Crippen LogP contribution is -2.05. The van der Waals surface area contributed by atoms with Gasteiger partial charge in [0.15, 0.2) is 0 Å². The zero-order valence-corrected chi connectivity index (χ0v) is 13.4. The number of pyridine rings is 1. The maximum atomic E-state index is 12.5. The molecule has 0 fully saturated rings. The van der Waals surface area contributed by atoms with Crippen molar-refractivity contribution in [3.63, 3.8) is 0 Å². The SMILES string of the molecule is COc1cc(N=C/C(C)=C(/C)N)ccc1C(=O)c1ccccn1. The molecule has 0 atom stereocenters. The summed E-state index contributed by atoms with van der Waals surface area (Å²) in [7, 11) is 1.52. The molecule has 0 bridgehead atoms. The Morgan fingerprint density at radius 1 is 1.26 bits per heavy atom. The molecule has 0 saturated heterocycles. The van der Waals surface area contributed by atoms with Crippen LogP contribution in [0, 0.1) is 0 Å². The van der Waals surface area contributed by atoms with Crippen molar-refractivity contribution >= 4 is 17.7 Å². The third kappa shape index (κ3) is 4.03. The molecule has 0 spiro atoms. The smallest absolute Gasteiger partial charge is 0.215 e. The van der Waals surface area contributed by atoms with E-state index in [1.165, 1.54) is 7.11 Å². The van der Waals surface area contributed by atoms with E-state index in [2.05, 4.69) is 9.98 Å². The Kier molecular flexibility index (Phi) is 5.25. The highest BCUT2D eigenvalue weighted by molar-refractivity contribution is 6.09. The molecule has 1 aromatic carbocycles. The fourth-order valence-corrected chi connectivity index (χ4v) is 1.86. The summed E-state index contributed by atoms with van der Waals surface area (Å²) in [6.07, 6.45) is 3.27. The Hall–Kier alpha value is -2.95. The second-order valence-electron chi connectivity index (χ2n) is 5.05. The molecule has 0 unspecified atom stereocenters. The van der Waals surface area contributed by atoms with Gasteiger partial charge in [0.05, 0.1) is 18.4 Å². The Bertz CT molecular complexity index is 761. The number of ether oxygens (including phenoxy) is 1. The zero-order valence-electron chi connectivity index (χ0n) is 13.4. The molecule has 118 valence electrons. The number of nitrogens with two attached hydrogens (primary N) is 1. The van der Waals surface area contributed by atoms with Crippen LogP contribution in [0.2, 0.25) is 0 Å². The Labute approximate surface area is 135 Å². The lowest BCUT2D eigenvalue weighted by atomic mass is 10.1. The topological polar surface area (TPSA) is 77.6 Å². The number of nitrogens with zero attached hydrogens (tertiary/aromatic N) is 2. The Morgan fingerprint density at radius 2 is 2.04 bits per heavy atom. The standard InChI is InChI=1S/C18H19N3O2/c1-12(13(2)19)11-21-14-7-8-15(17(10-14)23-3)18(22)16-6-4-5-9-20-16/h4-11H,19H2,1-3H3/b13-12-,21-11?. The first-order valence-corrected chi connectivity index (χ1v) is 7.13. The molecule has 23 heavy (non-hydrogen) atoms. The fourth-order valence-electron chi connectivity index (χ4n) is 1.86. The monoisotopic (exact) mass is 309 g/mol. The number of carbonyl (C=O) groups is 1. The summed E-state index contributed by atoms with van der Waals surface area (Å²) in [6.45, 7) is 3.70. The van der Waals surface area contributed by atoms with Crippen LogP contribution >= 0.6 is 0 Å². The van der Waals surface area contributed by atoms with Gasteiger partial charge in [0.1, 0.15) is 11.4 Å². The van der Waals surface area contributed by atoms with Gasteiger partial charge in [-0.15, -0.1) is 0 Å². The third-order valence-electron chi connectivity index (χ3n) is 3.36. The molecule has 0 amide bonds. The second-order valence-corrected chi connectivity index (χ2v) is 5.05. The fraction of sp³-hybridized carbons (Fsp3) is 0.167. The molecule has 0 aliphatic carbocycles. The molecular formula is C18H19N3O2. The minimum atomic E-state index is -0.188. The van der Waals surface area contributed by atoms with Crippen LogP contribution in [-0.4, -0.2) is 24.1 Å². The highest BCUT2D eigenvalue weighted by atomic mass is 16.5. The highest BCUT2D eigenvalue weighted by Gasteiger charge is 2.15. The van der Waals surface area contributed by atoms with Gasteiger partial charge in [0.25, 0.3) is 0 Å². The summed E-state index contributed by atoms with van der Waals surface area (Å²) in [5.41, 5.74) is 8.80. The predicted octanol–water partition coefficient (Wildman–Crippen LogP) is 3.28. The van der Waals surface area contributed by atoms with Crippen LogP contribution in [0.1, 0.15) is 29.9 Å². The minimum absolute atomic E-state index is 0.188. The van der Waals surface area contributed by atoms with Crippen molar-refractivity contribution in [3.05, 3.63) is 65.1 Å². The van der Waals surface area contributed by atoms with Crippen molar-refractivity contribution in [2.24, 2.45) is 10.7 Å². The molecule has 0 aliphatic heterocycles. The van der Waals surface area contributed by atoms with E-state index in [1.807, 2.05) is 13.8 Å². The molecule has 2 aromatic rings. The molecule has 1 heterocycles. The van der Waals surface area contributed by atoms with Crippen LogP contribution < -0.4 is 10.5 Å². The maximum absolute atomic E-state index is 12.5. The van der Waals surface area contributed by atoms with Gasteiger partial charge in [-0.1, -0.05) is 6.07 Å². The number of aliphatic imine (C=N–C) groups is 1. The Morgan fingerprint density at radius 3 is 2.65 bits per heavy atom. The van der Waals surface area contributed by atoms with E-state index < -0.39 is 0 Å². The largest absolute Gasteiger partial charge is 0.496 e. The molecule has 0 aliphatic rings. The molecule has 1 aromatic heterocycles. The van der Waals surface area contributed by atoms with E-state index in [0.717, 1.165) is 5.57 Å². The van der Waals surface area contributed by atoms with Gasteiger partial charge in [0.2, 0.25) is 5.78 Å². The van der Waals surface area contributed by atoms with Crippen molar-refractivity contribution in [2.45, 2.75) is 13.8 Å². The number of ketones is 1. The summed E-state index contributed by atoms with van der Waals surface area (Å²) < 4.78 is 5.32. The van der Waals surface area contributed by atoms with Gasteiger partial charge in [-0.2, -0.15) is 0 Å². The Balaban J connectivity index is 2.34. The summed E-state index contributed by atoms with van der Waals surface area (Å²) in [5.74, 6) is 0.272. The van der Waals surface area contributed by atoms with Gasteiger partial charge in [0, 0.05) is 24.2 Å². The van der Waals surface area contributed by atoms with Gasteiger partial charge in [-0.3, -0.25) is 14.8 Å². The van der Waals surface area contributed by atoms with Crippen molar-refractivity contribution < 1.29 is 9.53 Å². The highest BCUT2D eigenvalue weighted by Crippen LogP contribution is 2.26. The number of allylic oxidation sites excluding steroid dienone is 2. The first-order chi connectivity index (χ1) is 11.0. The molecule has 0 radical (unpaired) electrons. The summed E-state index contributed by atoms with van der Waals surface area (Å²) in [4.78, 5) is 20.9. The predicted molar refractivity (Wildman–Crippen MR) is 91.4 cm³/mol. The number of benzene rings is 1. The molecule has 5 nitrogen and oxygen atoms in total. The van der Waals surface area contributed by atoms with Gasteiger partial charge in [-0.05, 0) is 43.7 Å². The first-order valence-electron chi connectivity index (χ1n) is 7.13. The number of hydrogen-bond acceptors (Lipinski definition) is 5. The lowest BCUT2D eigenvalue weighted by Gasteiger charge is -2.08. The number of aromatic nitrogens is 1. The van der Waals surface area contributed by atoms with Crippen LogP contribution in [0.15, 0.2) is 58.9 Å². The van der Waals surface area contributed by atoms with E-state index in [4.69, 9.17) is 10.5 Å². The normalized spacial score (nSPS) is 12.1. The third-order valence-corrected chi connectivity index (χ3v) is 3.36. The zero-order chi connectivity index (χ0) is 16.8. The van der Waals surface area contributed by atoms with E-state index >= 15 is 0 Å². The number of rotatable bonds is 5. The number of hydrogen-bond donors (Lipinski definition) is 1.